The van der Waals surface area contributed by atoms with Crippen molar-refractivity contribution >= 4 is 22.5 Å². The van der Waals surface area contributed by atoms with Crippen LogP contribution in [-0.2, 0) is 13.2 Å². The molecule has 1 aromatic heterocycles. The smallest absolute Gasteiger partial charge is 0.169 e. The molecule has 0 unspecified atom stereocenters. The van der Waals surface area contributed by atoms with Crippen molar-refractivity contribution in [1.29, 1.82) is 0 Å². The van der Waals surface area contributed by atoms with Crippen LogP contribution in [0.4, 0.5) is 0 Å². The molecule has 3 aromatic carbocycles. The van der Waals surface area contributed by atoms with E-state index in [-0.39, 0.29) is 6.61 Å². The number of aromatic amines is 1. The van der Waals surface area contributed by atoms with Gasteiger partial charge in [-0.25, -0.2) is 0 Å². The largest absolute Gasteiger partial charge is 0.485 e. The second-order valence-corrected chi connectivity index (χ2v) is 6.58. The minimum atomic E-state index is -0.0808. The number of para-hydroxylation sites is 2. The fourth-order valence-electron chi connectivity index (χ4n) is 2.91. The number of aromatic nitrogens is 1. The van der Waals surface area contributed by atoms with E-state index in [1.807, 2.05) is 60.7 Å². The molecule has 0 aliphatic rings. The van der Waals surface area contributed by atoms with E-state index < -0.39 is 0 Å². The van der Waals surface area contributed by atoms with Gasteiger partial charge >= 0.3 is 0 Å². The number of hydrogen-bond donors (Lipinski definition) is 2. The van der Waals surface area contributed by atoms with Crippen molar-refractivity contribution in [3.05, 3.63) is 89.1 Å². The van der Waals surface area contributed by atoms with Crippen LogP contribution in [-0.4, -0.2) is 10.1 Å². The van der Waals surface area contributed by atoms with Gasteiger partial charge in [-0.15, -0.1) is 0 Å². The van der Waals surface area contributed by atoms with E-state index in [0.29, 0.717) is 34.6 Å². The highest BCUT2D eigenvalue weighted by Crippen LogP contribution is 2.37. The fraction of sp³-hybridized carbons (Fsp3) is 0.0909. The van der Waals surface area contributed by atoms with Crippen LogP contribution in [0.2, 0.25) is 5.02 Å². The van der Waals surface area contributed by atoms with E-state index >= 15 is 0 Å². The minimum absolute atomic E-state index is 0.0808. The van der Waals surface area contributed by atoms with Gasteiger partial charge in [0.1, 0.15) is 12.4 Å². The fourth-order valence-corrected chi connectivity index (χ4v) is 3.11. The second-order valence-electron chi connectivity index (χ2n) is 6.14. The molecule has 5 heteroatoms. The van der Waals surface area contributed by atoms with Crippen molar-refractivity contribution in [2.75, 3.05) is 0 Å². The summed E-state index contributed by atoms with van der Waals surface area (Å²) in [5.41, 5.74) is 2.59. The van der Waals surface area contributed by atoms with Crippen molar-refractivity contribution in [2.24, 2.45) is 0 Å². The average Bonchev–Trinajstić information content (AvgIpc) is 3.11. The molecule has 0 aliphatic carbocycles. The van der Waals surface area contributed by atoms with Crippen LogP contribution in [0.15, 0.2) is 72.8 Å². The Labute approximate surface area is 161 Å². The Morgan fingerprint density at radius 2 is 1.59 bits per heavy atom. The van der Waals surface area contributed by atoms with Gasteiger partial charge in [-0.05, 0) is 29.8 Å². The third-order valence-corrected chi connectivity index (χ3v) is 4.42. The van der Waals surface area contributed by atoms with Crippen LogP contribution in [0.25, 0.3) is 10.9 Å². The van der Waals surface area contributed by atoms with Crippen LogP contribution in [0, 0.1) is 0 Å². The maximum Gasteiger partial charge on any atom is 0.169 e. The molecule has 4 rings (SSSR count). The van der Waals surface area contributed by atoms with Gasteiger partial charge in [0.25, 0.3) is 0 Å². The van der Waals surface area contributed by atoms with Crippen LogP contribution in [0.1, 0.15) is 11.3 Å². The lowest BCUT2D eigenvalue weighted by atomic mass is 10.2. The van der Waals surface area contributed by atoms with E-state index in [9.17, 15) is 5.11 Å². The maximum atomic E-state index is 9.39. The number of rotatable bonds is 6. The molecule has 0 amide bonds. The van der Waals surface area contributed by atoms with E-state index in [4.69, 9.17) is 21.1 Å². The van der Waals surface area contributed by atoms with Crippen LogP contribution >= 0.6 is 11.6 Å². The van der Waals surface area contributed by atoms with E-state index in [0.717, 1.165) is 16.5 Å². The van der Waals surface area contributed by atoms with Gasteiger partial charge in [-0.3, -0.25) is 0 Å². The number of ether oxygens (including phenoxy) is 2. The molecule has 2 N–H and O–H groups in total. The summed E-state index contributed by atoms with van der Waals surface area (Å²) in [6.45, 7) is 0.369. The lowest BCUT2D eigenvalue weighted by Gasteiger charge is -2.13. The Hall–Kier alpha value is -2.95. The number of benzene rings is 3. The molecular formula is C22H18ClNO3. The summed E-state index contributed by atoms with van der Waals surface area (Å²) < 4.78 is 12.1. The molecule has 0 bridgehead atoms. The zero-order chi connectivity index (χ0) is 18.6. The van der Waals surface area contributed by atoms with Crippen molar-refractivity contribution < 1.29 is 14.6 Å². The molecule has 0 fully saturated rings. The lowest BCUT2D eigenvalue weighted by Crippen LogP contribution is -1.97. The predicted molar refractivity (Wildman–Crippen MR) is 107 cm³/mol. The van der Waals surface area contributed by atoms with Gasteiger partial charge in [-0.1, -0.05) is 54.1 Å². The molecule has 0 saturated heterocycles. The first kappa shape index (κ1) is 17.5. The average molecular weight is 380 g/mol. The Morgan fingerprint density at radius 3 is 2.37 bits per heavy atom. The molecule has 4 aromatic rings. The highest BCUT2D eigenvalue weighted by atomic mass is 35.5. The van der Waals surface area contributed by atoms with E-state index in [1.165, 1.54) is 0 Å². The molecule has 1 heterocycles. The number of aliphatic hydroxyl groups excluding tert-OH is 1. The summed E-state index contributed by atoms with van der Waals surface area (Å²) in [4.78, 5) is 3.13. The van der Waals surface area contributed by atoms with Gasteiger partial charge in [0.05, 0.1) is 12.1 Å². The molecule has 0 radical (unpaired) electrons. The molecule has 27 heavy (non-hydrogen) atoms. The van der Waals surface area contributed by atoms with Crippen LogP contribution < -0.4 is 9.47 Å². The Kier molecular flexibility index (Phi) is 5.01. The Morgan fingerprint density at radius 1 is 0.852 bits per heavy atom. The van der Waals surface area contributed by atoms with Gasteiger partial charge in [0.15, 0.2) is 11.5 Å². The standard InChI is InChI=1S/C22H18ClNO3/c23-16-10-19-18(12-17(13-25)24-19)22(11-16)27-21-9-5-4-8-20(21)26-14-15-6-2-1-3-7-15/h1-12,24-25H,13-14H2. The molecule has 0 atom stereocenters. The summed E-state index contributed by atoms with van der Waals surface area (Å²) in [5, 5.41) is 10.8. The van der Waals surface area contributed by atoms with Crippen molar-refractivity contribution in [2.45, 2.75) is 13.2 Å². The Balaban J connectivity index is 1.63. The molecule has 0 spiro atoms. The first-order valence-electron chi connectivity index (χ1n) is 8.58. The quantitative estimate of drug-likeness (QED) is 0.452. The first-order valence-corrected chi connectivity index (χ1v) is 8.96. The van der Waals surface area contributed by atoms with Gasteiger partial charge in [0.2, 0.25) is 0 Å². The normalized spacial score (nSPS) is 10.9. The molecule has 4 nitrogen and oxygen atoms in total. The minimum Gasteiger partial charge on any atom is -0.485 e. The number of fused-ring (bicyclic) bond motifs is 1. The maximum absolute atomic E-state index is 9.39. The van der Waals surface area contributed by atoms with Crippen LogP contribution in [0.5, 0.6) is 17.2 Å². The summed E-state index contributed by atoms with van der Waals surface area (Å²) >= 11 is 6.23. The van der Waals surface area contributed by atoms with Crippen molar-refractivity contribution in [1.82, 2.24) is 4.98 Å². The molecule has 136 valence electrons. The number of halogens is 1. The zero-order valence-corrected chi connectivity index (χ0v) is 15.2. The van der Waals surface area contributed by atoms with Gasteiger partial charge in [-0.2, -0.15) is 0 Å². The third-order valence-electron chi connectivity index (χ3n) is 4.20. The second kappa shape index (κ2) is 7.74. The van der Waals surface area contributed by atoms with E-state index in [1.54, 1.807) is 12.1 Å². The summed E-state index contributed by atoms with van der Waals surface area (Å²) in [5.74, 6) is 1.85. The number of nitrogens with one attached hydrogen (secondary N) is 1. The summed E-state index contributed by atoms with van der Waals surface area (Å²) in [6.07, 6.45) is 0. The van der Waals surface area contributed by atoms with Crippen molar-refractivity contribution in [3.63, 3.8) is 0 Å². The number of aliphatic hydroxyl groups is 1. The topological polar surface area (TPSA) is 54.5 Å². The number of hydrogen-bond acceptors (Lipinski definition) is 3. The summed E-state index contributed by atoms with van der Waals surface area (Å²) in [6, 6.07) is 22.9. The summed E-state index contributed by atoms with van der Waals surface area (Å²) in [7, 11) is 0. The Bertz CT molecular complexity index is 1060. The highest BCUT2D eigenvalue weighted by molar-refractivity contribution is 6.31. The molecular weight excluding hydrogens is 362 g/mol. The zero-order valence-electron chi connectivity index (χ0n) is 14.5. The van der Waals surface area contributed by atoms with Gasteiger partial charge < -0.3 is 19.6 Å². The van der Waals surface area contributed by atoms with Gasteiger partial charge in [0, 0.05) is 22.2 Å². The SMILES string of the molecule is OCc1cc2c(Oc3ccccc3OCc3ccccc3)cc(Cl)cc2[nH]1. The third kappa shape index (κ3) is 3.92. The van der Waals surface area contributed by atoms with Crippen molar-refractivity contribution in [3.8, 4) is 17.2 Å². The van der Waals surface area contributed by atoms with E-state index in [2.05, 4.69) is 4.98 Å². The lowest BCUT2D eigenvalue weighted by molar-refractivity contribution is 0.278. The molecule has 0 saturated carbocycles. The number of H-pyrrole nitrogens is 1. The van der Waals surface area contributed by atoms with Crippen LogP contribution in [0.3, 0.4) is 0 Å². The highest BCUT2D eigenvalue weighted by Gasteiger charge is 2.12. The predicted octanol–water partition coefficient (Wildman–Crippen LogP) is 5.68. The molecule has 0 aliphatic heterocycles. The monoisotopic (exact) mass is 379 g/mol. The first-order chi connectivity index (χ1) is 13.2.